The first-order valence-corrected chi connectivity index (χ1v) is 10.6. The molecule has 2 rings (SSSR count). The standard InChI is InChI=1S/C24H41N/c1-19(2)10-7-11-20(3)14-15-22-13-9-17-25(18-22)23-21(4)12-8-16-24(23,5)6/h8,10,12,20,22H,7,9,11,13-18H2,1-6H3. The molecule has 1 heterocycles. The van der Waals surface area contributed by atoms with E-state index in [0.29, 0.717) is 5.41 Å². The third-order valence-corrected chi connectivity index (χ3v) is 6.13. The fraction of sp³-hybridized carbons (Fsp3) is 0.750. The third-order valence-electron chi connectivity index (χ3n) is 6.13. The quantitative estimate of drug-likeness (QED) is 0.445. The van der Waals surface area contributed by atoms with Crippen LogP contribution < -0.4 is 0 Å². The summed E-state index contributed by atoms with van der Waals surface area (Å²) in [5.41, 5.74) is 4.88. The molecule has 2 aliphatic rings. The lowest BCUT2D eigenvalue weighted by molar-refractivity contribution is 0.163. The van der Waals surface area contributed by atoms with Gasteiger partial charge in [0.15, 0.2) is 0 Å². The summed E-state index contributed by atoms with van der Waals surface area (Å²) >= 11 is 0. The van der Waals surface area contributed by atoms with E-state index in [9.17, 15) is 0 Å². The van der Waals surface area contributed by atoms with Crippen LogP contribution in [0.3, 0.4) is 0 Å². The molecule has 0 aromatic carbocycles. The van der Waals surface area contributed by atoms with Crippen LogP contribution in [0.2, 0.25) is 0 Å². The number of nitrogens with zero attached hydrogens (tertiary/aromatic N) is 1. The molecule has 2 atom stereocenters. The average Bonchev–Trinajstić information content (AvgIpc) is 2.52. The van der Waals surface area contributed by atoms with E-state index in [-0.39, 0.29) is 0 Å². The predicted octanol–water partition coefficient (Wildman–Crippen LogP) is 7.12. The molecular weight excluding hydrogens is 302 g/mol. The fourth-order valence-electron chi connectivity index (χ4n) is 4.74. The van der Waals surface area contributed by atoms with E-state index in [4.69, 9.17) is 0 Å². The van der Waals surface area contributed by atoms with Gasteiger partial charge >= 0.3 is 0 Å². The molecule has 0 aromatic heterocycles. The molecule has 1 nitrogen and oxygen atoms in total. The molecule has 0 radical (unpaired) electrons. The lowest BCUT2D eigenvalue weighted by Gasteiger charge is -2.44. The second kappa shape index (κ2) is 9.10. The first kappa shape index (κ1) is 20.3. The summed E-state index contributed by atoms with van der Waals surface area (Å²) in [4.78, 5) is 2.74. The van der Waals surface area contributed by atoms with Gasteiger partial charge in [0, 0.05) is 24.2 Å². The summed E-state index contributed by atoms with van der Waals surface area (Å²) in [6.07, 6.45) is 16.5. The van der Waals surface area contributed by atoms with Crippen molar-refractivity contribution in [2.45, 2.75) is 86.5 Å². The van der Waals surface area contributed by atoms with E-state index in [1.54, 1.807) is 5.70 Å². The van der Waals surface area contributed by atoms with Gasteiger partial charge in [0.1, 0.15) is 0 Å². The van der Waals surface area contributed by atoms with E-state index in [0.717, 1.165) is 11.8 Å². The first-order valence-electron chi connectivity index (χ1n) is 10.6. The number of rotatable bonds is 7. The molecule has 0 aromatic rings. The second-order valence-corrected chi connectivity index (χ2v) is 9.52. The lowest BCUT2D eigenvalue weighted by atomic mass is 9.78. The topological polar surface area (TPSA) is 3.24 Å². The maximum Gasteiger partial charge on any atom is 0.0223 e. The second-order valence-electron chi connectivity index (χ2n) is 9.52. The van der Waals surface area contributed by atoms with Crippen LogP contribution in [0.4, 0.5) is 0 Å². The highest BCUT2D eigenvalue weighted by Crippen LogP contribution is 2.40. The van der Waals surface area contributed by atoms with Crippen LogP contribution >= 0.6 is 0 Å². The summed E-state index contributed by atoms with van der Waals surface area (Å²) in [5, 5.41) is 0. The average molecular weight is 344 g/mol. The number of hydrogen-bond acceptors (Lipinski definition) is 1. The minimum absolute atomic E-state index is 0.304. The van der Waals surface area contributed by atoms with Crippen molar-refractivity contribution in [2.75, 3.05) is 13.1 Å². The van der Waals surface area contributed by atoms with E-state index in [2.05, 4.69) is 64.7 Å². The predicted molar refractivity (Wildman–Crippen MR) is 112 cm³/mol. The Morgan fingerprint density at radius 3 is 2.76 bits per heavy atom. The highest BCUT2D eigenvalue weighted by atomic mass is 15.2. The van der Waals surface area contributed by atoms with Crippen LogP contribution in [-0.4, -0.2) is 18.0 Å². The van der Waals surface area contributed by atoms with Crippen LogP contribution in [0.15, 0.2) is 35.1 Å². The molecule has 1 aliphatic carbocycles. The molecule has 25 heavy (non-hydrogen) atoms. The Balaban J connectivity index is 1.87. The molecule has 1 aliphatic heterocycles. The molecule has 1 saturated heterocycles. The van der Waals surface area contributed by atoms with Gasteiger partial charge in [-0.25, -0.2) is 0 Å². The number of hydrogen-bond donors (Lipinski definition) is 0. The number of piperidine rings is 1. The van der Waals surface area contributed by atoms with Crippen LogP contribution in [0.25, 0.3) is 0 Å². The van der Waals surface area contributed by atoms with Gasteiger partial charge in [-0.3, -0.25) is 0 Å². The van der Waals surface area contributed by atoms with Gasteiger partial charge in [-0.1, -0.05) is 51.0 Å². The van der Waals surface area contributed by atoms with E-state index >= 15 is 0 Å². The molecule has 0 amide bonds. The Morgan fingerprint density at radius 1 is 1.32 bits per heavy atom. The summed E-state index contributed by atoms with van der Waals surface area (Å²) < 4.78 is 0. The van der Waals surface area contributed by atoms with Gasteiger partial charge in [0.25, 0.3) is 0 Å². The summed E-state index contributed by atoms with van der Waals surface area (Å²) in [6, 6.07) is 0. The molecule has 1 heteroatoms. The Labute approximate surface area is 157 Å². The van der Waals surface area contributed by atoms with Crippen LogP contribution in [0.5, 0.6) is 0 Å². The Hall–Kier alpha value is -0.980. The smallest absolute Gasteiger partial charge is 0.0223 e. The zero-order chi connectivity index (χ0) is 18.4. The fourth-order valence-corrected chi connectivity index (χ4v) is 4.74. The molecule has 2 unspecified atom stereocenters. The molecular formula is C24H41N. The van der Waals surface area contributed by atoms with Gasteiger partial charge in [-0.2, -0.15) is 0 Å². The highest BCUT2D eigenvalue weighted by molar-refractivity contribution is 5.32. The maximum atomic E-state index is 2.74. The molecule has 142 valence electrons. The Morgan fingerprint density at radius 2 is 2.08 bits per heavy atom. The minimum atomic E-state index is 0.304. The SMILES string of the molecule is CC(C)=CCCC(C)CCC1CCCN(C2=C(C)C=CCC2(C)C)C1. The minimum Gasteiger partial charge on any atom is -0.374 e. The summed E-state index contributed by atoms with van der Waals surface area (Å²) in [5.74, 6) is 1.75. The van der Waals surface area contributed by atoms with Crippen LogP contribution in [-0.2, 0) is 0 Å². The molecule has 0 spiro atoms. The van der Waals surface area contributed by atoms with Crippen molar-refractivity contribution in [3.8, 4) is 0 Å². The van der Waals surface area contributed by atoms with E-state index in [1.165, 1.54) is 69.2 Å². The van der Waals surface area contributed by atoms with E-state index < -0.39 is 0 Å². The van der Waals surface area contributed by atoms with Crippen molar-refractivity contribution in [1.29, 1.82) is 0 Å². The van der Waals surface area contributed by atoms with Crippen molar-refractivity contribution in [3.05, 3.63) is 35.1 Å². The van der Waals surface area contributed by atoms with Crippen molar-refractivity contribution in [3.63, 3.8) is 0 Å². The summed E-state index contributed by atoms with van der Waals surface area (Å²) in [6.45, 7) is 16.6. The summed E-state index contributed by atoms with van der Waals surface area (Å²) in [7, 11) is 0. The zero-order valence-electron chi connectivity index (χ0n) is 17.7. The van der Waals surface area contributed by atoms with Crippen molar-refractivity contribution in [1.82, 2.24) is 4.90 Å². The van der Waals surface area contributed by atoms with Crippen molar-refractivity contribution < 1.29 is 0 Å². The van der Waals surface area contributed by atoms with Crippen molar-refractivity contribution in [2.24, 2.45) is 17.3 Å². The van der Waals surface area contributed by atoms with Gasteiger partial charge in [0.2, 0.25) is 0 Å². The third kappa shape index (κ3) is 6.04. The molecule has 0 bridgehead atoms. The van der Waals surface area contributed by atoms with Crippen LogP contribution in [0.1, 0.15) is 86.5 Å². The highest BCUT2D eigenvalue weighted by Gasteiger charge is 2.32. The largest absolute Gasteiger partial charge is 0.374 e. The number of likely N-dealkylation sites (tertiary alicyclic amines) is 1. The monoisotopic (exact) mass is 343 g/mol. The number of allylic oxidation sites excluding steroid dienone is 6. The molecule has 0 N–H and O–H groups in total. The van der Waals surface area contributed by atoms with Crippen LogP contribution in [0, 0.1) is 17.3 Å². The normalized spacial score (nSPS) is 24.4. The first-order chi connectivity index (χ1) is 11.8. The molecule has 1 fully saturated rings. The van der Waals surface area contributed by atoms with Crippen molar-refractivity contribution >= 4 is 0 Å². The molecule has 0 saturated carbocycles. The van der Waals surface area contributed by atoms with E-state index in [1.807, 2.05) is 0 Å². The lowest BCUT2D eigenvalue weighted by Crippen LogP contribution is -2.40. The Kier molecular flexibility index (Phi) is 7.40. The zero-order valence-corrected chi connectivity index (χ0v) is 17.7. The maximum absolute atomic E-state index is 2.74. The Bertz CT molecular complexity index is 516. The van der Waals surface area contributed by atoms with Gasteiger partial charge in [-0.05, 0) is 76.7 Å². The van der Waals surface area contributed by atoms with Gasteiger partial charge in [-0.15, -0.1) is 0 Å². The van der Waals surface area contributed by atoms with Gasteiger partial charge in [0.05, 0.1) is 0 Å². The van der Waals surface area contributed by atoms with Gasteiger partial charge < -0.3 is 4.90 Å².